The molecule has 0 bridgehead atoms. The van der Waals surface area contributed by atoms with Crippen LogP contribution in [0.4, 0.5) is 5.69 Å². The first-order valence-corrected chi connectivity index (χ1v) is 7.30. The first kappa shape index (κ1) is 17.2. The van der Waals surface area contributed by atoms with Crippen LogP contribution < -0.4 is 11.1 Å². The number of likely N-dealkylation sites (N-methyl/N-ethyl adjacent to an activating group) is 1. The van der Waals surface area contributed by atoms with Crippen molar-refractivity contribution in [3.8, 4) is 0 Å². The van der Waals surface area contributed by atoms with Crippen LogP contribution in [0.5, 0.6) is 0 Å². The minimum Gasteiger partial charge on any atom is -0.368 e. The smallest absolute Gasteiger partial charge is 0.255 e. The van der Waals surface area contributed by atoms with E-state index in [9.17, 15) is 14.4 Å². The molecule has 0 heterocycles. The summed E-state index contributed by atoms with van der Waals surface area (Å²) >= 11 is 0. The van der Waals surface area contributed by atoms with Gasteiger partial charge in [0.15, 0.2) is 0 Å². The topological polar surface area (TPSA) is 92.5 Å². The monoisotopic (exact) mass is 324 g/mol. The molecule has 2 aromatic rings. The number of aryl methyl sites for hydroxylation is 1. The van der Waals surface area contributed by atoms with E-state index in [4.69, 9.17) is 5.73 Å². The second-order valence-corrected chi connectivity index (χ2v) is 5.46. The number of carbonyl (C=O) groups is 3. The Labute approximate surface area is 140 Å². The number of hydrogen-bond donors (Lipinski definition) is 2. The molecule has 0 saturated heterocycles. The van der Waals surface area contributed by atoms with Crippen molar-refractivity contribution in [2.45, 2.75) is 6.92 Å². The second kappa shape index (κ2) is 7.41. The lowest BCUT2D eigenvalue weighted by atomic mass is 10.1. The van der Waals surface area contributed by atoms with Gasteiger partial charge in [-0.25, -0.2) is 0 Å². The minimum atomic E-state index is -0.598. The molecule has 6 nitrogen and oxygen atoms in total. The number of rotatable bonds is 5. The van der Waals surface area contributed by atoms with Gasteiger partial charge in [-0.3, -0.25) is 14.4 Å². The number of hydrogen-bond acceptors (Lipinski definition) is 3. The van der Waals surface area contributed by atoms with Crippen LogP contribution in [0.1, 0.15) is 26.3 Å². The summed E-state index contributed by atoms with van der Waals surface area (Å²) in [5.41, 5.74) is 7.41. The summed E-state index contributed by atoms with van der Waals surface area (Å²) in [5.74, 6) is -1.26. The van der Waals surface area contributed by atoms with E-state index in [-0.39, 0.29) is 18.4 Å². The third-order valence-corrected chi connectivity index (χ3v) is 3.35. The predicted molar refractivity (Wildman–Crippen MR) is 90.6 cm³/mol. The Morgan fingerprint density at radius 2 is 1.79 bits per heavy atom. The molecule has 0 atom stereocenters. The normalized spacial score (nSPS) is 10.1. The zero-order valence-electron chi connectivity index (χ0n) is 13.5. The average molecular weight is 324 g/mol. The first-order chi connectivity index (χ1) is 11.4. The number of anilines is 1. The number of amides is 3. The lowest BCUT2D eigenvalue weighted by Gasteiger charge is -2.15. The Morgan fingerprint density at radius 3 is 2.42 bits per heavy atom. The molecular weight excluding hydrogens is 306 g/mol. The van der Waals surface area contributed by atoms with Crippen LogP contribution in [-0.2, 0) is 4.79 Å². The van der Waals surface area contributed by atoms with Crippen LogP contribution in [0, 0.1) is 13.0 Å². The number of nitrogens with two attached hydrogens (primary N) is 1. The highest BCUT2D eigenvalue weighted by Gasteiger charge is 2.14. The van der Waals surface area contributed by atoms with E-state index >= 15 is 0 Å². The van der Waals surface area contributed by atoms with Gasteiger partial charge in [-0.05, 0) is 43.3 Å². The second-order valence-electron chi connectivity index (χ2n) is 5.46. The van der Waals surface area contributed by atoms with Crippen molar-refractivity contribution in [2.24, 2.45) is 5.73 Å². The van der Waals surface area contributed by atoms with Gasteiger partial charge < -0.3 is 16.0 Å². The van der Waals surface area contributed by atoms with Gasteiger partial charge in [-0.15, -0.1) is 0 Å². The molecule has 0 saturated carbocycles. The molecule has 2 rings (SSSR count). The van der Waals surface area contributed by atoms with Crippen molar-refractivity contribution in [2.75, 3.05) is 18.9 Å². The summed E-state index contributed by atoms with van der Waals surface area (Å²) < 4.78 is 0. The molecule has 0 aromatic heterocycles. The van der Waals surface area contributed by atoms with Gasteiger partial charge in [-0.2, -0.15) is 0 Å². The van der Waals surface area contributed by atoms with E-state index in [1.807, 2.05) is 19.1 Å². The molecule has 0 fully saturated rings. The van der Waals surface area contributed by atoms with Crippen LogP contribution in [0.25, 0.3) is 0 Å². The van der Waals surface area contributed by atoms with Crippen molar-refractivity contribution in [1.82, 2.24) is 4.90 Å². The van der Waals surface area contributed by atoms with Gasteiger partial charge >= 0.3 is 0 Å². The highest BCUT2D eigenvalue weighted by atomic mass is 16.2. The Kier molecular flexibility index (Phi) is 5.31. The Hall–Kier alpha value is -3.15. The zero-order chi connectivity index (χ0) is 17.7. The molecule has 123 valence electrons. The first-order valence-electron chi connectivity index (χ1n) is 7.30. The molecule has 0 spiro atoms. The molecule has 2 aromatic carbocycles. The Bertz CT molecular complexity index is 769. The summed E-state index contributed by atoms with van der Waals surface area (Å²) in [6.07, 6.45) is 0. The fourth-order valence-electron chi connectivity index (χ4n) is 2.10. The van der Waals surface area contributed by atoms with Gasteiger partial charge in [0.05, 0.1) is 6.54 Å². The summed E-state index contributed by atoms with van der Waals surface area (Å²) in [6, 6.07) is 14.5. The van der Waals surface area contributed by atoms with Crippen molar-refractivity contribution in [3.63, 3.8) is 0 Å². The van der Waals surface area contributed by atoms with Crippen LogP contribution in [-0.4, -0.2) is 36.2 Å². The summed E-state index contributed by atoms with van der Waals surface area (Å²) in [6.45, 7) is 1.76. The summed E-state index contributed by atoms with van der Waals surface area (Å²) in [4.78, 5) is 36.5. The highest BCUT2D eigenvalue weighted by Crippen LogP contribution is 2.14. The number of carbonyl (C=O) groups excluding carboxylic acids is 3. The van der Waals surface area contributed by atoms with Crippen LogP contribution in [0.15, 0.2) is 42.5 Å². The number of nitrogens with zero attached hydrogens (tertiary/aromatic N) is 1. The van der Waals surface area contributed by atoms with Crippen molar-refractivity contribution >= 4 is 23.4 Å². The van der Waals surface area contributed by atoms with Crippen molar-refractivity contribution in [3.05, 3.63) is 65.2 Å². The number of nitrogens with one attached hydrogen (secondary N) is 1. The van der Waals surface area contributed by atoms with Gasteiger partial charge in [-0.1, -0.05) is 17.7 Å². The maximum Gasteiger partial charge on any atom is 0.255 e. The van der Waals surface area contributed by atoms with E-state index in [0.717, 1.165) is 5.56 Å². The fourth-order valence-corrected chi connectivity index (χ4v) is 2.10. The van der Waals surface area contributed by atoms with E-state index < -0.39 is 5.91 Å². The van der Waals surface area contributed by atoms with E-state index in [1.165, 1.54) is 24.1 Å². The third-order valence-electron chi connectivity index (χ3n) is 3.35. The quantitative estimate of drug-likeness (QED) is 0.875. The highest BCUT2D eigenvalue weighted by molar-refractivity contribution is 6.05. The van der Waals surface area contributed by atoms with Crippen molar-refractivity contribution in [1.29, 1.82) is 0 Å². The lowest BCUT2D eigenvalue weighted by molar-refractivity contribution is -0.118. The molecule has 3 N–H and O–H groups in total. The van der Waals surface area contributed by atoms with Crippen molar-refractivity contribution < 1.29 is 14.4 Å². The molecule has 24 heavy (non-hydrogen) atoms. The maximum absolute atomic E-state index is 12.2. The lowest BCUT2D eigenvalue weighted by Crippen LogP contribution is -2.35. The van der Waals surface area contributed by atoms with E-state index in [0.29, 0.717) is 16.8 Å². The molecule has 0 unspecified atom stereocenters. The van der Waals surface area contributed by atoms with E-state index in [2.05, 4.69) is 11.4 Å². The summed E-state index contributed by atoms with van der Waals surface area (Å²) in [7, 11) is 1.48. The average Bonchev–Trinajstić information content (AvgIpc) is 2.54. The number of primary amides is 1. The minimum absolute atomic E-state index is 0.182. The maximum atomic E-state index is 12.2. The standard InChI is InChI=1S/C18H18N3O3/c1-12-6-8-13(9-7-12)17(23)20-15-5-3-4-14(10-15)18(24)21(2)11-16(19)22/h4-10H,11H2,1-2H3,(H2,19,22)(H,20,23). The largest absolute Gasteiger partial charge is 0.368 e. The Balaban J connectivity index is 2.12. The fraction of sp³-hybridized carbons (Fsp3) is 0.167. The molecule has 6 heteroatoms. The predicted octanol–water partition coefficient (Wildman–Crippen LogP) is 1.60. The van der Waals surface area contributed by atoms with Crippen LogP contribution in [0.3, 0.4) is 0 Å². The van der Waals surface area contributed by atoms with Gasteiger partial charge in [0, 0.05) is 23.9 Å². The molecule has 1 radical (unpaired) electrons. The van der Waals surface area contributed by atoms with Gasteiger partial charge in [0.25, 0.3) is 11.8 Å². The van der Waals surface area contributed by atoms with Crippen LogP contribution >= 0.6 is 0 Å². The summed E-state index contributed by atoms with van der Waals surface area (Å²) in [5, 5.41) is 2.72. The molecule has 0 aliphatic heterocycles. The van der Waals surface area contributed by atoms with Gasteiger partial charge in [0.2, 0.25) is 5.91 Å². The van der Waals surface area contributed by atoms with E-state index in [1.54, 1.807) is 18.2 Å². The molecule has 3 amide bonds. The SMILES string of the molecule is Cc1ccc(C(=O)Nc2c[c]cc(C(=O)N(C)CC(N)=O)c2)cc1. The molecule has 0 aliphatic rings. The van der Waals surface area contributed by atoms with Gasteiger partial charge in [0.1, 0.15) is 0 Å². The third kappa shape index (κ3) is 4.42. The molecule has 0 aliphatic carbocycles. The van der Waals surface area contributed by atoms with Crippen LogP contribution in [0.2, 0.25) is 0 Å². The zero-order valence-corrected chi connectivity index (χ0v) is 13.5. The number of benzene rings is 2. The molecular formula is C18H18N3O3. The Morgan fingerprint density at radius 1 is 1.12 bits per heavy atom.